The fourth-order valence-corrected chi connectivity index (χ4v) is 1.42. The Hall–Kier alpha value is -1.92. The number of carbonyl (C=O) groups is 2. The molecule has 0 unspecified atom stereocenters. The van der Waals surface area contributed by atoms with Gasteiger partial charge in [-0.2, -0.15) is 0 Å². The number of amides is 2. The molecule has 6 nitrogen and oxygen atoms in total. The summed E-state index contributed by atoms with van der Waals surface area (Å²) in [5.41, 5.74) is 1.12. The second-order valence-corrected chi connectivity index (χ2v) is 3.89. The Morgan fingerprint density at radius 2 is 1.89 bits per heavy atom. The van der Waals surface area contributed by atoms with Crippen molar-refractivity contribution in [3.63, 3.8) is 0 Å². The first-order valence-corrected chi connectivity index (χ1v) is 6.17. The summed E-state index contributed by atoms with van der Waals surface area (Å²) in [5, 5.41) is 16.8. The lowest BCUT2D eigenvalue weighted by atomic mass is 10.2. The van der Waals surface area contributed by atoms with Gasteiger partial charge in [0.15, 0.2) is 0 Å². The monoisotopic (exact) mass is 265 g/mol. The van der Waals surface area contributed by atoms with E-state index in [1.807, 2.05) is 6.92 Å². The molecule has 1 aromatic rings. The van der Waals surface area contributed by atoms with Crippen molar-refractivity contribution >= 4 is 17.5 Å². The third-order valence-electron chi connectivity index (χ3n) is 2.36. The van der Waals surface area contributed by atoms with Crippen LogP contribution in [0.1, 0.15) is 17.3 Å². The van der Waals surface area contributed by atoms with E-state index in [2.05, 4.69) is 16.0 Å². The number of hydrogen-bond acceptors (Lipinski definition) is 4. The summed E-state index contributed by atoms with van der Waals surface area (Å²) in [7, 11) is 0. The Morgan fingerprint density at radius 3 is 2.47 bits per heavy atom. The Balaban J connectivity index is 2.51. The summed E-state index contributed by atoms with van der Waals surface area (Å²) in [6, 6.07) is 6.57. The molecule has 0 atom stereocenters. The maximum atomic E-state index is 11.6. The minimum Gasteiger partial charge on any atom is -0.395 e. The van der Waals surface area contributed by atoms with Crippen LogP contribution in [-0.2, 0) is 4.79 Å². The molecular weight excluding hydrogens is 246 g/mol. The van der Waals surface area contributed by atoms with Crippen molar-refractivity contribution in [2.24, 2.45) is 0 Å². The van der Waals surface area contributed by atoms with Gasteiger partial charge in [-0.3, -0.25) is 9.59 Å². The van der Waals surface area contributed by atoms with Crippen molar-refractivity contribution in [3.05, 3.63) is 29.8 Å². The van der Waals surface area contributed by atoms with E-state index >= 15 is 0 Å². The number of carbonyl (C=O) groups excluding carboxylic acids is 2. The van der Waals surface area contributed by atoms with Crippen LogP contribution in [0, 0.1) is 0 Å². The SMILES string of the molecule is CCNCC(=O)Nc1ccc(C(=O)NCCO)cc1. The first kappa shape index (κ1) is 15.1. The van der Waals surface area contributed by atoms with E-state index < -0.39 is 0 Å². The minimum absolute atomic E-state index is 0.0929. The van der Waals surface area contributed by atoms with Gasteiger partial charge in [0.1, 0.15) is 0 Å². The second-order valence-electron chi connectivity index (χ2n) is 3.89. The Labute approximate surface area is 112 Å². The van der Waals surface area contributed by atoms with Crippen LogP contribution in [0.15, 0.2) is 24.3 Å². The summed E-state index contributed by atoms with van der Waals surface area (Å²) in [4.78, 5) is 23.0. The Morgan fingerprint density at radius 1 is 1.21 bits per heavy atom. The first-order chi connectivity index (χ1) is 9.17. The predicted octanol–water partition coefficient (Wildman–Crippen LogP) is -0.0433. The van der Waals surface area contributed by atoms with E-state index in [1.165, 1.54) is 0 Å². The van der Waals surface area contributed by atoms with Gasteiger partial charge in [-0.05, 0) is 30.8 Å². The zero-order chi connectivity index (χ0) is 14.1. The molecule has 19 heavy (non-hydrogen) atoms. The maximum Gasteiger partial charge on any atom is 0.251 e. The summed E-state index contributed by atoms with van der Waals surface area (Å²) in [6.07, 6.45) is 0. The van der Waals surface area contributed by atoms with Crippen molar-refractivity contribution in [3.8, 4) is 0 Å². The van der Waals surface area contributed by atoms with Gasteiger partial charge in [-0.25, -0.2) is 0 Å². The number of likely N-dealkylation sites (N-methyl/N-ethyl adjacent to an activating group) is 1. The molecule has 0 spiro atoms. The standard InChI is InChI=1S/C13H19N3O3/c1-2-14-9-12(18)16-11-5-3-10(4-6-11)13(19)15-7-8-17/h3-6,14,17H,2,7-9H2,1H3,(H,15,19)(H,16,18). The molecule has 0 aliphatic rings. The molecule has 0 heterocycles. The van der Waals surface area contributed by atoms with Crippen LogP contribution in [0.3, 0.4) is 0 Å². The largest absolute Gasteiger partial charge is 0.395 e. The molecule has 0 saturated carbocycles. The number of aliphatic hydroxyl groups is 1. The van der Waals surface area contributed by atoms with Crippen LogP contribution in [0.5, 0.6) is 0 Å². The van der Waals surface area contributed by atoms with Crippen molar-refractivity contribution < 1.29 is 14.7 Å². The van der Waals surface area contributed by atoms with Gasteiger partial charge in [-0.1, -0.05) is 6.92 Å². The highest BCUT2D eigenvalue weighted by Crippen LogP contribution is 2.09. The summed E-state index contributed by atoms with van der Waals surface area (Å²) < 4.78 is 0. The number of benzene rings is 1. The number of nitrogens with one attached hydrogen (secondary N) is 3. The van der Waals surface area contributed by atoms with Crippen LogP contribution in [0.2, 0.25) is 0 Å². The number of hydrogen-bond donors (Lipinski definition) is 4. The highest BCUT2D eigenvalue weighted by molar-refractivity contribution is 5.96. The highest BCUT2D eigenvalue weighted by Gasteiger charge is 2.05. The highest BCUT2D eigenvalue weighted by atomic mass is 16.3. The van der Waals surface area contributed by atoms with Crippen molar-refractivity contribution in [2.75, 3.05) is 31.6 Å². The molecule has 0 fully saturated rings. The molecule has 104 valence electrons. The average molecular weight is 265 g/mol. The van der Waals surface area contributed by atoms with E-state index in [-0.39, 0.29) is 31.5 Å². The summed E-state index contributed by atoms with van der Waals surface area (Å²) in [5.74, 6) is -0.376. The second kappa shape index (κ2) is 8.23. The van der Waals surface area contributed by atoms with E-state index in [0.717, 1.165) is 6.54 Å². The van der Waals surface area contributed by atoms with Gasteiger partial charge in [0.25, 0.3) is 5.91 Å². The molecule has 4 N–H and O–H groups in total. The lowest BCUT2D eigenvalue weighted by Gasteiger charge is -2.07. The molecular formula is C13H19N3O3. The van der Waals surface area contributed by atoms with E-state index in [4.69, 9.17) is 5.11 Å². The molecule has 0 aliphatic heterocycles. The molecule has 0 bridgehead atoms. The molecule has 0 radical (unpaired) electrons. The Bertz CT molecular complexity index is 418. The molecule has 6 heteroatoms. The van der Waals surface area contributed by atoms with Gasteiger partial charge in [0.2, 0.25) is 5.91 Å². The first-order valence-electron chi connectivity index (χ1n) is 6.17. The molecule has 0 aromatic heterocycles. The molecule has 0 saturated heterocycles. The fourth-order valence-electron chi connectivity index (χ4n) is 1.42. The Kier molecular flexibility index (Phi) is 6.56. The third-order valence-corrected chi connectivity index (χ3v) is 2.36. The summed E-state index contributed by atoms with van der Waals surface area (Å²) in [6.45, 7) is 3.05. The molecule has 1 aromatic carbocycles. The normalized spacial score (nSPS) is 10.0. The van der Waals surface area contributed by atoms with Crippen LogP contribution in [0.4, 0.5) is 5.69 Å². The number of aliphatic hydroxyl groups excluding tert-OH is 1. The molecule has 0 aliphatic carbocycles. The number of anilines is 1. The fraction of sp³-hybridized carbons (Fsp3) is 0.385. The van der Waals surface area contributed by atoms with Gasteiger partial charge >= 0.3 is 0 Å². The lowest BCUT2D eigenvalue weighted by molar-refractivity contribution is -0.115. The predicted molar refractivity (Wildman–Crippen MR) is 73.0 cm³/mol. The van der Waals surface area contributed by atoms with Crippen LogP contribution >= 0.6 is 0 Å². The third kappa shape index (κ3) is 5.50. The molecule has 2 amide bonds. The molecule has 1 rings (SSSR count). The van der Waals surface area contributed by atoms with Crippen molar-refractivity contribution in [2.45, 2.75) is 6.92 Å². The van der Waals surface area contributed by atoms with Crippen LogP contribution in [-0.4, -0.2) is 43.2 Å². The zero-order valence-electron chi connectivity index (χ0n) is 10.9. The van der Waals surface area contributed by atoms with Gasteiger partial charge in [0, 0.05) is 17.8 Å². The summed E-state index contributed by atoms with van der Waals surface area (Å²) >= 11 is 0. The number of rotatable bonds is 7. The van der Waals surface area contributed by atoms with Crippen molar-refractivity contribution in [1.29, 1.82) is 0 Å². The average Bonchev–Trinajstić information content (AvgIpc) is 2.43. The van der Waals surface area contributed by atoms with Gasteiger partial charge in [0.05, 0.1) is 13.2 Å². The quantitative estimate of drug-likeness (QED) is 0.556. The smallest absolute Gasteiger partial charge is 0.251 e. The minimum atomic E-state index is -0.250. The van der Waals surface area contributed by atoms with E-state index in [0.29, 0.717) is 11.3 Å². The van der Waals surface area contributed by atoms with E-state index in [1.54, 1.807) is 24.3 Å². The van der Waals surface area contributed by atoms with Crippen molar-refractivity contribution in [1.82, 2.24) is 10.6 Å². The maximum absolute atomic E-state index is 11.6. The van der Waals surface area contributed by atoms with Gasteiger partial charge < -0.3 is 21.1 Å². The zero-order valence-corrected chi connectivity index (χ0v) is 10.9. The topological polar surface area (TPSA) is 90.5 Å². The van der Waals surface area contributed by atoms with Gasteiger partial charge in [-0.15, -0.1) is 0 Å². The van der Waals surface area contributed by atoms with Crippen LogP contribution < -0.4 is 16.0 Å². The lowest BCUT2D eigenvalue weighted by Crippen LogP contribution is -2.28. The van der Waals surface area contributed by atoms with Crippen LogP contribution in [0.25, 0.3) is 0 Å². The van der Waals surface area contributed by atoms with E-state index in [9.17, 15) is 9.59 Å².